The van der Waals surface area contributed by atoms with Gasteiger partial charge in [0.25, 0.3) is 0 Å². The lowest BCUT2D eigenvalue weighted by Gasteiger charge is -2.12. The van der Waals surface area contributed by atoms with Crippen molar-refractivity contribution in [1.82, 2.24) is 4.98 Å². The predicted octanol–water partition coefficient (Wildman–Crippen LogP) is 0.445. The highest BCUT2D eigenvalue weighted by atomic mass is 16.4. The van der Waals surface area contributed by atoms with E-state index in [1.165, 1.54) is 12.5 Å². The summed E-state index contributed by atoms with van der Waals surface area (Å²) in [6, 6.07) is -0.298. The fourth-order valence-electron chi connectivity index (χ4n) is 0.787. The number of nitrogens with zero attached hydrogens (tertiary/aromatic N) is 1. The van der Waals surface area contributed by atoms with Crippen LogP contribution in [0.3, 0.4) is 0 Å². The Morgan fingerprint density at radius 3 is 3.00 bits per heavy atom. The van der Waals surface area contributed by atoms with Crippen molar-refractivity contribution in [3.63, 3.8) is 0 Å². The Kier molecular flexibility index (Phi) is 2.62. The van der Waals surface area contributed by atoms with Crippen LogP contribution in [0.5, 0.6) is 0 Å². The first-order valence-corrected chi connectivity index (χ1v) is 3.58. The van der Waals surface area contributed by atoms with Crippen molar-refractivity contribution >= 4 is 0 Å². The van der Waals surface area contributed by atoms with Crippen LogP contribution in [0.2, 0.25) is 0 Å². The lowest BCUT2D eigenvalue weighted by molar-refractivity contribution is 0.113. The lowest BCUT2D eigenvalue weighted by atomic mass is 10.1. The molecule has 1 heterocycles. The number of hydrogen-bond donors (Lipinski definition) is 2. The van der Waals surface area contributed by atoms with E-state index in [0.29, 0.717) is 12.3 Å². The van der Waals surface area contributed by atoms with E-state index in [4.69, 9.17) is 10.2 Å². The molecule has 0 saturated carbocycles. The van der Waals surface area contributed by atoms with E-state index in [1.54, 1.807) is 0 Å². The largest absolute Gasteiger partial charge is 0.446 e. The molecule has 0 aliphatic carbocycles. The van der Waals surface area contributed by atoms with E-state index in [1.807, 2.05) is 6.92 Å². The second kappa shape index (κ2) is 3.50. The molecule has 1 rings (SSSR count). The Morgan fingerprint density at radius 1 is 1.82 bits per heavy atom. The van der Waals surface area contributed by atoms with Crippen LogP contribution in [0.1, 0.15) is 25.3 Å². The van der Waals surface area contributed by atoms with Crippen molar-refractivity contribution < 1.29 is 9.52 Å². The first-order valence-electron chi connectivity index (χ1n) is 3.58. The molecule has 3 N–H and O–H groups in total. The zero-order chi connectivity index (χ0) is 8.27. The summed E-state index contributed by atoms with van der Waals surface area (Å²) in [7, 11) is 0. The van der Waals surface area contributed by atoms with Gasteiger partial charge in [-0.05, 0) is 6.42 Å². The van der Waals surface area contributed by atoms with Crippen molar-refractivity contribution in [2.75, 3.05) is 0 Å². The summed E-state index contributed by atoms with van der Waals surface area (Å²) in [4.78, 5) is 3.79. The Balaban J connectivity index is 2.62. The third-order valence-corrected chi connectivity index (χ3v) is 1.58. The molecule has 0 aliphatic heterocycles. The van der Waals surface area contributed by atoms with Gasteiger partial charge in [-0.25, -0.2) is 4.98 Å². The first-order chi connectivity index (χ1) is 5.25. The maximum atomic E-state index is 9.40. The van der Waals surface area contributed by atoms with Gasteiger partial charge in [0, 0.05) is 6.04 Å². The Bertz CT molecular complexity index is 198. The number of nitrogens with two attached hydrogens (primary N) is 1. The Morgan fingerprint density at radius 2 is 2.55 bits per heavy atom. The second-order valence-electron chi connectivity index (χ2n) is 2.39. The molecule has 0 amide bonds. The van der Waals surface area contributed by atoms with E-state index in [0.717, 1.165) is 0 Å². The molecule has 0 bridgehead atoms. The Labute approximate surface area is 65.0 Å². The first kappa shape index (κ1) is 8.23. The Hall–Kier alpha value is -0.870. The molecular weight excluding hydrogens is 144 g/mol. The van der Waals surface area contributed by atoms with Crippen LogP contribution in [-0.4, -0.2) is 16.1 Å². The van der Waals surface area contributed by atoms with Crippen molar-refractivity contribution in [2.45, 2.75) is 25.5 Å². The van der Waals surface area contributed by atoms with Gasteiger partial charge in [-0.15, -0.1) is 0 Å². The van der Waals surface area contributed by atoms with Crippen LogP contribution in [0.4, 0.5) is 0 Å². The highest BCUT2D eigenvalue weighted by Crippen LogP contribution is 2.14. The fourth-order valence-corrected chi connectivity index (χ4v) is 0.787. The van der Waals surface area contributed by atoms with Crippen molar-refractivity contribution in [3.05, 3.63) is 18.4 Å². The summed E-state index contributed by atoms with van der Waals surface area (Å²) in [6.07, 6.45) is 2.82. The number of rotatable bonds is 3. The van der Waals surface area contributed by atoms with E-state index in [-0.39, 0.29) is 6.04 Å². The summed E-state index contributed by atoms with van der Waals surface area (Å²) < 4.78 is 4.88. The fraction of sp³-hybridized carbons (Fsp3) is 0.571. The minimum atomic E-state index is -0.782. The number of aliphatic hydroxyl groups excluding tert-OH is 1. The van der Waals surface area contributed by atoms with Crippen molar-refractivity contribution in [3.8, 4) is 0 Å². The normalized spacial score (nSPS) is 16.3. The van der Waals surface area contributed by atoms with Crippen LogP contribution in [0, 0.1) is 0 Å². The van der Waals surface area contributed by atoms with Crippen LogP contribution in [0.15, 0.2) is 16.9 Å². The molecule has 1 unspecified atom stereocenters. The van der Waals surface area contributed by atoms with Crippen LogP contribution in [-0.2, 0) is 0 Å². The maximum Gasteiger partial charge on any atom is 0.224 e. The summed E-state index contributed by atoms with van der Waals surface area (Å²) in [5.41, 5.74) is 5.56. The molecule has 62 valence electrons. The van der Waals surface area contributed by atoms with Crippen molar-refractivity contribution in [1.29, 1.82) is 0 Å². The van der Waals surface area contributed by atoms with Gasteiger partial charge in [0.15, 0.2) is 0 Å². The minimum absolute atomic E-state index is 0.291. The molecule has 0 radical (unpaired) electrons. The third-order valence-electron chi connectivity index (χ3n) is 1.58. The van der Waals surface area contributed by atoms with Gasteiger partial charge < -0.3 is 15.3 Å². The molecule has 0 aromatic carbocycles. The summed E-state index contributed by atoms with van der Waals surface area (Å²) in [5.74, 6) is 0.291. The molecule has 0 spiro atoms. The highest BCUT2D eigenvalue weighted by molar-refractivity contribution is 4.90. The van der Waals surface area contributed by atoms with Crippen LogP contribution < -0.4 is 5.73 Å². The van der Waals surface area contributed by atoms with Gasteiger partial charge in [-0.3, -0.25) is 0 Å². The van der Waals surface area contributed by atoms with Gasteiger partial charge >= 0.3 is 0 Å². The molecule has 4 heteroatoms. The van der Waals surface area contributed by atoms with Gasteiger partial charge in [0.1, 0.15) is 12.4 Å². The predicted molar refractivity (Wildman–Crippen MR) is 39.7 cm³/mol. The molecule has 4 nitrogen and oxygen atoms in total. The maximum absolute atomic E-state index is 9.40. The van der Waals surface area contributed by atoms with Gasteiger partial charge in [0.2, 0.25) is 5.89 Å². The molecule has 1 aromatic rings. The number of aliphatic hydroxyl groups is 1. The monoisotopic (exact) mass is 156 g/mol. The van der Waals surface area contributed by atoms with Gasteiger partial charge in [0.05, 0.1) is 6.20 Å². The molecule has 0 saturated heterocycles. The molecule has 2 atom stereocenters. The number of hydrogen-bond acceptors (Lipinski definition) is 4. The summed E-state index contributed by atoms with van der Waals surface area (Å²) in [6.45, 7) is 1.90. The quantitative estimate of drug-likeness (QED) is 0.666. The molecule has 11 heavy (non-hydrogen) atoms. The van der Waals surface area contributed by atoms with E-state index < -0.39 is 6.10 Å². The standard InChI is InChI=1S/C7H12N2O2/c1-2-5(8)6(10)7-9-3-4-11-7/h3-6,10H,2,8H2,1H3/t5?,6-/m0/s1. The molecule has 0 aliphatic rings. The smallest absolute Gasteiger partial charge is 0.224 e. The lowest BCUT2D eigenvalue weighted by Crippen LogP contribution is -2.27. The highest BCUT2D eigenvalue weighted by Gasteiger charge is 2.18. The zero-order valence-electron chi connectivity index (χ0n) is 6.40. The van der Waals surface area contributed by atoms with Crippen LogP contribution >= 0.6 is 0 Å². The third kappa shape index (κ3) is 1.78. The van der Waals surface area contributed by atoms with E-state index >= 15 is 0 Å². The topological polar surface area (TPSA) is 72.3 Å². The minimum Gasteiger partial charge on any atom is -0.446 e. The number of oxazole rings is 1. The summed E-state index contributed by atoms with van der Waals surface area (Å²) >= 11 is 0. The van der Waals surface area contributed by atoms with Gasteiger partial charge in [-0.1, -0.05) is 6.92 Å². The van der Waals surface area contributed by atoms with Crippen molar-refractivity contribution in [2.24, 2.45) is 5.73 Å². The average Bonchev–Trinajstić information content (AvgIpc) is 2.53. The number of aromatic nitrogens is 1. The average molecular weight is 156 g/mol. The SMILES string of the molecule is CCC(N)[C@H](O)c1ncco1. The van der Waals surface area contributed by atoms with Crippen LogP contribution in [0.25, 0.3) is 0 Å². The summed E-state index contributed by atoms with van der Waals surface area (Å²) in [5, 5.41) is 9.40. The zero-order valence-corrected chi connectivity index (χ0v) is 6.40. The molecule has 0 fully saturated rings. The van der Waals surface area contributed by atoms with E-state index in [2.05, 4.69) is 4.98 Å². The van der Waals surface area contributed by atoms with E-state index in [9.17, 15) is 5.11 Å². The molecule has 1 aromatic heterocycles. The second-order valence-corrected chi connectivity index (χ2v) is 2.39. The van der Waals surface area contributed by atoms with Gasteiger partial charge in [-0.2, -0.15) is 0 Å². The molecular formula is C7H12N2O2.